The number of furan rings is 1. The maximum Gasteiger partial charge on any atom is 0.374 e. The highest BCUT2D eigenvalue weighted by molar-refractivity contribution is 5.87. The molecule has 0 spiro atoms. The van der Waals surface area contributed by atoms with Crippen LogP contribution < -0.4 is 5.32 Å². The summed E-state index contributed by atoms with van der Waals surface area (Å²) >= 11 is 0. The monoisotopic (exact) mass is 609 g/mol. The molecule has 1 aromatic heterocycles. The Hall–Kier alpha value is -2.31. The van der Waals surface area contributed by atoms with Gasteiger partial charge in [-0.25, -0.2) is 4.79 Å². The van der Waals surface area contributed by atoms with Crippen molar-refractivity contribution >= 4 is 17.8 Å². The molecule has 2 N–H and O–H groups in total. The molecule has 0 aromatic carbocycles. The van der Waals surface area contributed by atoms with Gasteiger partial charge in [0.15, 0.2) is 0 Å². The fourth-order valence-corrected chi connectivity index (χ4v) is 12.9. The second kappa shape index (κ2) is 10.6. The first-order chi connectivity index (χ1) is 20.6. The number of fused-ring (bicyclic) bond motifs is 7. The number of hydrogen-bond acceptors (Lipinski definition) is 5. The molecule has 44 heavy (non-hydrogen) atoms. The SMILES string of the molecule is CC(C)[C@@H]1CC[C@]2(C(=O)NCC(=O)O)CC[C@]3(C)C(CCC4[C@@]5(C)CC[C@@H](OC(=O)c6ccco6)C(C)(C)C5CC[C@]43C)C12. The lowest BCUT2D eigenvalue weighted by atomic mass is 9.32. The Balaban J connectivity index is 1.29. The van der Waals surface area contributed by atoms with E-state index in [2.05, 4.69) is 53.8 Å². The first-order valence-corrected chi connectivity index (χ1v) is 17.4. The number of nitrogens with one attached hydrogen (secondary N) is 1. The number of rotatable bonds is 6. The van der Waals surface area contributed by atoms with Crippen molar-refractivity contribution in [2.24, 2.45) is 62.6 Å². The number of hydrogen-bond donors (Lipinski definition) is 2. The van der Waals surface area contributed by atoms with E-state index in [-0.39, 0.29) is 51.9 Å². The summed E-state index contributed by atoms with van der Waals surface area (Å²) in [4.78, 5) is 38.2. The van der Waals surface area contributed by atoms with E-state index in [0.29, 0.717) is 35.5 Å². The Kier molecular flexibility index (Phi) is 7.64. The van der Waals surface area contributed by atoms with Crippen molar-refractivity contribution in [2.45, 2.75) is 119 Å². The minimum atomic E-state index is -0.975. The number of esters is 1. The van der Waals surface area contributed by atoms with Crippen molar-refractivity contribution in [1.29, 1.82) is 0 Å². The molecule has 10 atom stereocenters. The molecule has 0 radical (unpaired) electrons. The van der Waals surface area contributed by atoms with Crippen LogP contribution in [0.2, 0.25) is 0 Å². The molecule has 5 aliphatic rings. The van der Waals surface area contributed by atoms with Crippen LogP contribution in [0.15, 0.2) is 22.8 Å². The van der Waals surface area contributed by atoms with Crippen molar-refractivity contribution in [1.82, 2.24) is 5.32 Å². The minimum absolute atomic E-state index is 0.0118. The summed E-state index contributed by atoms with van der Waals surface area (Å²) in [7, 11) is 0. The van der Waals surface area contributed by atoms with E-state index in [1.54, 1.807) is 12.1 Å². The number of aliphatic carboxylic acids is 1. The third-order valence-electron chi connectivity index (χ3n) is 15.1. The molecule has 0 bridgehead atoms. The topological polar surface area (TPSA) is 106 Å². The first kappa shape index (κ1) is 31.7. The Morgan fingerprint density at radius 1 is 0.932 bits per heavy atom. The average molecular weight is 610 g/mol. The van der Waals surface area contributed by atoms with Gasteiger partial charge in [0.2, 0.25) is 11.7 Å². The van der Waals surface area contributed by atoms with Crippen molar-refractivity contribution < 1.29 is 28.6 Å². The highest BCUT2D eigenvalue weighted by atomic mass is 16.6. The van der Waals surface area contributed by atoms with Crippen LogP contribution in [0.5, 0.6) is 0 Å². The molecule has 5 saturated carbocycles. The fraction of sp³-hybridized carbons (Fsp3) is 0.811. The molecule has 6 rings (SSSR count). The molecule has 7 nitrogen and oxygen atoms in total. The number of carbonyl (C=O) groups excluding carboxylic acids is 2. The van der Waals surface area contributed by atoms with Crippen molar-refractivity contribution in [3.63, 3.8) is 0 Å². The summed E-state index contributed by atoms with van der Waals surface area (Å²) in [5.74, 6) is 1.69. The zero-order chi connectivity index (χ0) is 31.9. The van der Waals surface area contributed by atoms with E-state index in [0.717, 1.165) is 57.8 Å². The Morgan fingerprint density at radius 2 is 1.68 bits per heavy atom. The van der Waals surface area contributed by atoms with Crippen LogP contribution in [0, 0.1) is 62.6 Å². The van der Waals surface area contributed by atoms with E-state index in [1.807, 2.05) is 0 Å². The van der Waals surface area contributed by atoms with Gasteiger partial charge in [0.05, 0.1) is 11.7 Å². The third kappa shape index (κ3) is 4.36. The molecular weight excluding hydrogens is 554 g/mol. The standard InChI is InChI=1S/C37H55NO6/c1-22(2)23-12-17-37(32(42)38-21-29(39)40)19-18-35(6)24(30(23)37)10-11-27-34(5)15-14-28(44-31(41)25-9-8-20-43-25)33(3,4)26(34)13-16-36(27,35)7/h8-9,20,22-24,26-28,30H,10-19,21H2,1-7H3,(H,38,42)(H,39,40)/t23-,24?,26?,27?,28+,30?,34-,35+,36+,37-/m0/s1. The van der Waals surface area contributed by atoms with E-state index in [9.17, 15) is 19.5 Å². The van der Waals surface area contributed by atoms with Crippen LogP contribution >= 0.6 is 0 Å². The normalized spacial score (nSPS) is 44.1. The molecule has 1 aromatic rings. The molecule has 0 saturated heterocycles. The second-order valence-corrected chi connectivity index (χ2v) is 17.1. The average Bonchev–Trinajstić information content (AvgIpc) is 3.63. The molecule has 1 amide bonds. The van der Waals surface area contributed by atoms with E-state index >= 15 is 0 Å². The quantitative estimate of drug-likeness (QED) is 0.320. The molecular formula is C37H55NO6. The van der Waals surface area contributed by atoms with Crippen LogP contribution in [0.1, 0.15) is 123 Å². The third-order valence-corrected chi connectivity index (χ3v) is 15.1. The summed E-state index contributed by atoms with van der Waals surface area (Å²) in [6.45, 7) is 16.7. The van der Waals surface area contributed by atoms with Crippen LogP contribution in [-0.4, -0.2) is 35.6 Å². The Labute approximate surface area is 263 Å². The number of carboxylic acids is 1. The van der Waals surface area contributed by atoms with Gasteiger partial charge in [-0.1, -0.05) is 48.5 Å². The maximum atomic E-state index is 13.9. The van der Waals surface area contributed by atoms with Crippen LogP contribution in [0.3, 0.4) is 0 Å². The van der Waals surface area contributed by atoms with Crippen LogP contribution in [0.4, 0.5) is 0 Å². The molecule has 244 valence electrons. The smallest absolute Gasteiger partial charge is 0.374 e. The van der Waals surface area contributed by atoms with Gasteiger partial charge in [-0.3, -0.25) is 9.59 Å². The molecule has 0 aliphatic heterocycles. The van der Waals surface area contributed by atoms with E-state index in [1.165, 1.54) is 12.7 Å². The van der Waals surface area contributed by atoms with Gasteiger partial charge in [0, 0.05) is 5.41 Å². The van der Waals surface area contributed by atoms with Crippen LogP contribution in [0.25, 0.3) is 0 Å². The number of carbonyl (C=O) groups is 3. The molecule has 1 heterocycles. The van der Waals surface area contributed by atoms with E-state index in [4.69, 9.17) is 9.15 Å². The summed E-state index contributed by atoms with van der Waals surface area (Å²) in [5, 5.41) is 12.2. The van der Waals surface area contributed by atoms with Gasteiger partial charge < -0.3 is 19.6 Å². The number of ether oxygens (including phenoxy) is 1. The van der Waals surface area contributed by atoms with Crippen molar-refractivity contribution in [2.75, 3.05) is 6.54 Å². The lowest BCUT2D eigenvalue weighted by molar-refractivity contribution is -0.248. The van der Waals surface area contributed by atoms with Crippen LogP contribution in [-0.2, 0) is 14.3 Å². The fourth-order valence-electron chi connectivity index (χ4n) is 12.9. The van der Waals surface area contributed by atoms with Crippen molar-refractivity contribution in [3.05, 3.63) is 24.2 Å². The van der Waals surface area contributed by atoms with E-state index < -0.39 is 11.4 Å². The Bertz CT molecular complexity index is 1290. The van der Waals surface area contributed by atoms with Gasteiger partial charge in [-0.05, 0) is 128 Å². The molecule has 7 heteroatoms. The minimum Gasteiger partial charge on any atom is -0.480 e. The number of amides is 1. The predicted octanol–water partition coefficient (Wildman–Crippen LogP) is 7.74. The first-order valence-electron chi connectivity index (χ1n) is 17.4. The highest BCUT2D eigenvalue weighted by Crippen LogP contribution is 2.77. The lowest BCUT2D eigenvalue weighted by Gasteiger charge is -2.73. The maximum absolute atomic E-state index is 13.9. The summed E-state index contributed by atoms with van der Waals surface area (Å²) in [6.07, 6.45) is 11.7. The highest BCUT2D eigenvalue weighted by Gasteiger charge is 2.72. The van der Waals surface area contributed by atoms with Gasteiger partial charge in [-0.15, -0.1) is 0 Å². The zero-order valence-electron chi connectivity index (χ0n) is 28.0. The zero-order valence-corrected chi connectivity index (χ0v) is 28.0. The van der Waals surface area contributed by atoms with Gasteiger partial charge in [-0.2, -0.15) is 0 Å². The molecule has 4 unspecified atom stereocenters. The molecule has 5 fully saturated rings. The van der Waals surface area contributed by atoms with Crippen molar-refractivity contribution in [3.8, 4) is 0 Å². The lowest BCUT2D eigenvalue weighted by Crippen LogP contribution is -2.67. The Morgan fingerprint density at radius 3 is 2.34 bits per heavy atom. The number of carboxylic acid groups (broad SMARTS) is 1. The summed E-state index contributed by atoms with van der Waals surface area (Å²) < 4.78 is 11.5. The summed E-state index contributed by atoms with van der Waals surface area (Å²) in [5.41, 5.74) is -0.167. The van der Waals surface area contributed by atoms with Gasteiger partial charge in [0.25, 0.3) is 0 Å². The summed E-state index contributed by atoms with van der Waals surface area (Å²) in [6, 6.07) is 3.40. The van der Waals surface area contributed by atoms with Gasteiger partial charge >= 0.3 is 11.9 Å². The second-order valence-electron chi connectivity index (χ2n) is 17.1. The predicted molar refractivity (Wildman–Crippen MR) is 168 cm³/mol. The largest absolute Gasteiger partial charge is 0.480 e. The molecule has 5 aliphatic carbocycles. The van der Waals surface area contributed by atoms with Gasteiger partial charge in [0.1, 0.15) is 12.6 Å².